The van der Waals surface area contributed by atoms with Gasteiger partial charge in [0.1, 0.15) is 0 Å². The number of likely N-dealkylation sites (tertiary alicyclic amines) is 1. The lowest BCUT2D eigenvalue weighted by Crippen LogP contribution is -2.46. The van der Waals surface area contributed by atoms with Crippen molar-refractivity contribution in [3.8, 4) is 0 Å². The lowest BCUT2D eigenvalue weighted by atomic mass is 10.0. The zero-order chi connectivity index (χ0) is 14.7. The number of benzene rings is 1. The molecule has 4 nitrogen and oxygen atoms in total. The van der Waals surface area contributed by atoms with Gasteiger partial charge >= 0.3 is 0 Å². The van der Waals surface area contributed by atoms with Gasteiger partial charge in [0.15, 0.2) is 0 Å². The minimum atomic E-state index is -0.0586. The fourth-order valence-corrected chi connectivity index (χ4v) is 3.19. The highest BCUT2D eigenvalue weighted by Gasteiger charge is 2.23. The topological polar surface area (TPSA) is 49.4 Å². The molecule has 0 atom stereocenters. The maximum Gasteiger partial charge on any atom is 0.252 e. The Labute approximate surface area is 140 Å². The van der Waals surface area contributed by atoms with E-state index in [4.69, 9.17) is 0 Å². The van der Waals surface area contributed by atoms with Crippen molar-refractivity contribution in [2.45, 2.75) is 25.8 Å². The SMILES string of the molecule is CC(=O)N1CCC(NC(=O)c2cc(I)ccc2Br)CC1. The van der Waals surface area contributed by atoms with E-state index in [1.54, 1.807) is 6.92 Å². The highest BCUT2D eigenvalue weighted by molar-refractivity contribution is 14.1. The van der Waals surface area contributed by atoms with Crippen molar-refractivity contribution in [3.05, 3.63) is 31.8 Å². The molecule has 0 saturated carbocycles. The van der Waals surface area contributed by atoms with E-state index in [0.717, 1.165) is 20.9 Å². The third-order valence-corrected chi connectivity index (χ3v) is 4.81. The zero-order valence-corrected chi connectivity index (χ0v) is 14.9. The minimum Gasteiger partial charge on any atom is -0.349 e. The summed E-state index contributed by atoms with van der Waals surface area (Å²) in [7, 11) is 0. The average molecular weight is 451 g/mol. The van der Waals surface area contributed by atoms with E-state index in [9.17, 15) is 9.59 Å². The second-order valence-electron chi connectivity index (χ2n) is 4.88. The van der Waals surface area contributed by atoms with Crippen molar-refractivity contribution in [1.29, 1.82) is 0 Å². The predicted molar refractivity (Wildman–Crippen MR) is 89.6 cm³/mol. The summed E-state index contributed by atoms with van der Waals surface area (Å²) in [5.41, 5.74) is 0.658. The molecule has 1 saturated heterocycles. The highest BCUT2D eigenvalue weighted by atomic mass is 127. The van der Waals surface area contributed by atoms with Crippen LogP contribution >= 0.6 is 38.5 Å². The Morgan fingerprint density at radius 2 is 2.00 bits per heavy atom. The fourth-order valence-electron chi connectivity index (χ4n) is 2.27. The second-order valence-corrected chi connectivity index (χ2v) is 6.98. The molecular weight excluding hydrogens is 435 g/mol. The van der Waals surface area contributed by atoms with Gasteiger partial charge in [-0.05, 0) is 69.6 Å². The van der Waals surface area contributed by atoms with Crippen LogP contribution in [-0.2, 0) is 4.79 Å². The first kappa shape index (κ1) is 15.8. The number of carbonyl (C=O) groups excluding carboxylic acids is 2. The van der Waals surface area contributed by atoms with Crippen LogP contribution in [-0.4, -0.2) is 35.8 Å². The summed E-state index contributed by atoms with van der Waals surface area (Å²) in [6.45, 7) is 3.02. The van der Waals surface area contributed by atoms with E-state index < -0.39 is 0 Å². The molecule has 20 heavy (non-hydrogen) atoms. The monoisotopic (exact) mass is 450 g/mol. The van der Waals surface area contributed by atoms with Gasteiger partial charge in [0.25, 0.3) is 5.91 Å². The standard InChI is InChI=1S/C14H16BrIN2O2/c1-9(19)18-6-4-11(5-7-18)17-14(20)12-8-10(16)2-3-13(12)15/h2-3,8,11H,4-7H2,1H3,(H,17,20). The molecule has 0 aliphatic carbocycles. The first-order chi connectivity index (χ1) is 9.47. The van der Waals surface area contributed by atoms with Gasteiger partial charge in [0, 0.05) is 34.1 Å². The van der Waals surface area contributed by atoms with E-state index in [2.05, 4.69) is 43.8 Å². The van der Waals surface area contributed by atoms with Crippen LogP contribution in [0.2, 0.25) is 0 Å². The molecule has 1 aromatic carbocycles. The first-order valence-corrected chi connectivity index (χ1v) is 8.36. The van der Waals surface area contributed by atoms with Crippen LogP contribution < -0.4 is 5.32 Å². The molecule has 0 bridgehead atoms. The molecule has 0 spiro atoms. The molecule has 0 radical (unpaired) electrons. The highest BCUT2D eigenvalue weighted by Crippen LogP contribution is 2.20. The molecule has 0 unspecified atom stereocenters. The van der Waals surface area contributed by atoms with E-state index in [-0.39, 0.29) is 17.9 Å². The molecule has 2 rings (SSSR count). The van der Waals surface area contributed by atoms with E-state index in [0.29, 0.717) is 18.7 Å². The van der Waals surface area contributed by atoms with Crippen LogP contribution in [0.1, 0.15) is 30.1 Å². The van der Waals surface area contributed by atoms with Crippen molar-refractivity contribution in [2.75, 3.05) is 13.1 Å². The Kier molecular flexibility index (Phi) is 5.42. The number of piperidine rings is 1. The quantitative estimate of drug-likeness (QED) is 0.704. The van der Waals surface area contributed by atoms with Gasteiger partial charge in [-0.3, -0.25) is 9.59 Å². The molecule has 1 aliphatic heterocycles. The Bertz CT molecular complexity index is 528. The third kappa shape index (κ3) is 3.94. The van der Waals surface area contributed by atoms with E-state index in [1.807, 2.05) is 23.1 Å². The zero-order valence-electron chi connectivity index (χ0n) is 11.2. The smallest absolute Gasteiger partial charge is 0.252 e. The van der Waals surface area contributed by atoms with Gasteiger partial charge < -0.3 is 10.2 Å². The van der Waals surface area contributed by atoms with E-state index >= 15 is 0 Å². The number of halogens is 2. The normalized spacial score (nSPS) is 16.1. The number of rotatable bonds is 2. The summed E-state index contributed by atoms with van der Waals surface area (Å²) in [5.74, 6) is 0.0480. The summed E-state index contributed by atoms with van der Waals surface area (Å²) in [5, 5.41) is 3.05. The van der Waals surface area contributed by atoms with Crippen molar-refractivity contribution in [3.63, 3.8) is 0 Å². The molecule has 2 amide bonds. The Hall–Kier alpha value is -0.630. The van der Waals surface area contributed by atoms with Crippen molar-refractivity contribution >= 4 is 50.3 Å². The van der Waals surface area contributed by atoms with Crippen LogP contribution in [0.25, 0.3) is 0 Å². The molecule has 1 heterocycles. The summed E-state index contributed by atoms with van der Waals surface area (Å²) in [6, 6.07) is 5.84. The van der Waals surface area contributed by atoms with Gasteiger partial charge in [0.2, 0.25) is 5.91 Å². The lowest BCUT2D eigenvalue weighted by Gasteiger charge is -2.31. The number of hydrogen-bond acceptors (Lipinski definition) is 2. The number of carbonyl (C=O) groups is 2. The Balaban J connectivity index is 1.96. The fraction of sp³-hybridized carbons (Fsp3) is 0.429. The lowest BCUT2D eigenvalue weighted by molar-refractivity contribution is -0.129. The summed E-state index contributed by atoms with van der Waals surface area (Å²) in [6.07, 6.45) is 1.62. The molecule has 1 N–H and O–H groups in total. The third-order valence-electron chi connectivity index (χ3n) is 3.45. The Morgan fingerprint density at radius 3 is 2.60 bits per heavy atom. The van der Waals surface area contributed by atoms with Gasteiger partial charge in [-0.1, -0.05) is 0 Å². The van der Waals surface area contributed by atoms with Crippen LogP contribution in [0.4, 0.5) is 0 Å². The number of nitrogens with zero attached hydrogens (tertiary/aromatic N) is 1. The molecule has 1 fully saturated rings. The molecule has 0 aromatic heterocycles. The van der Waals surface area contributed by atoms with Crippen LogP contribution in [0.5, 0.6) is 0 Å². The number of amides is 2. The van der Waals surface area contributed by atoms with Crippen LogP contribution in [0.3, 0.4) is 0 Å². The molecular formula is C14H16BrIN2O2. The summed E-state index contributed by atoms with van der Waals surface area (Å²) < 4.78 is 1.83. The van der Waals surface area contributed by atoms with Crippen molar-refractivity contribution in [2.24, 2.45) is 0 Å². The maximum absolute atomic E-state index is 12.3. The average Bonchev–Trinajstić information content (AvgIpc) is 2.42. The predicted octanol–water partition coefficient (Wildman–Crippen LogP) is 2.79. The Morgan fingerprint density at radius 1 is 1.35 bits per heavy atom. The van der Waals surface area contributed by atoms with Crippen molar-refractivity contribution in [1.82, 2.24) is 10.2 Å². The minimum absolute atomic E-state index is 0.0586. The summed E-state index contributed by atoms with van der Waals surface area (Å²) >= 11 is 5.60. The molecule has 1 aromatic rings. The van der Waals surface area contributed by atoms with Crippen LogP contribution in [0.15, 0.2) is 22.7 Å². The largest absolute Gasteiger partial charge is 0.349 e. The van der Waals surface area contributed by atoms with E-state index in [1.165, 1.54) is 0 Å². The number of nitrogens with one attached hydrogen (secondary N) is 1. The molecule has 108 valence electrons. The second kappa shape index (κ2) is 6.89. The van der Waals surface area contributed by atoms with Gasteiger partial charge in [0.05, 0.1) is 5.56 Å². The van der Waals surface area contributed by atoms with Gasteiger partial charge in [-0.25, -0.2) is 0 Å². The van der Waals surface area contributed by atoms with Crippen molar-refractivity contribution < 1.29 is 9.59 Å². The molecule has 6 heteroatoms. The van der Waals surface area contributed by atoms with Crippen LogP contribution in [0, 0.1) is 3.57 Å². The number of hydrogen-bond donors (Lipinski definition) is 1. The first-order valence-electron chi connectivity index (χ1n) is 6.49. The molecule has 1 aliphatic rings. The maximum atomic E-state index is 12.3. The van der Waals surface area contributed by atoms with Gasteiger partial charge in [-0.2, -0.15) is 0 Å². The van der Waals surface area contributed by atoms with Gasteiger partial charge in [-0.15, -0.1) is 0 Å². The summed E-state index contributed by atoms with van der Waals surface area (Å²) in [4.78, 5) is 25.4.